The van der Waals surface area contributed by atoms with Crippen LogP contribution in [-0.4, -0.2) is 95.1 Å². The molecule has 3 saturated heterocycles. The van der Waals surface area contributed by atoms with Gasteiger partial charge in [0.2, 0.25) is 11.8 Å². The topological polar surface area (TPSA) is 137 Å². The Kier molecular flexibility index (Phi) is 7.81. The number of nitrogens with one attached hydrogen (secondary N) is 3. The van der Waals surface area contributed by atoms with Crippen LogP contribution in [0.3, 0.4) is 0 Å². The van der Waals surface area contributed by atoms with Crippen molar-refractivity contribution in [3.8, 4) is 0 Å². The van der Waals surface area contributed by atoms with E-state index in [0.717, 1.165) is 99.9 Å². The molecule has 54 heavy (non-hydrogen) atoms. The van der Waals surface area contributed by atoms with Gasteiger partial charge in [-0.05, 0) is 86.4 Å². The van der Waals surface area contributed by atoms with Crippen LogP contribution in [0, 0.1) is 11.3 Å². The molecule has 3 N–H and O–H groups in total. The van der Waals surface area contributed by atoms with Crippen LogP contribution in [0.4, 0.5) is 17.2 Å². The number of benzene rings is 2. The Hall–Kier alpha value is -4.95. The Balaban J connectivity index is 0.758. The zero-order valence-electron chi connectivity index (χ0n) is 30.7. The molecule has 1 unspecified atom stereocenters. The zero-order chi connectivity index (χ0) is 36.9. The van der Waals surface area contributed by atoms with Gasteiger partial charge in [0.05, 0.1) is 22.2 Å². The summed E-state index contributed by atoms with van der Waals surface area (Å²) in [4.78, 5) is 63.8. The molecule has 4 aliphatic heterocycles. The first-order valence-electron chi connectivity index (χ1n) is 19.3. The van der Waals surface area contributed by atoms with Gasteiger partial charge in [0.25, 0.3) is 5.91 Å². The van der Waals surface area contributed by atoms with Crippen LogP contribution in [0.5, 0.6) is 0 Å². The molecule has 2 aromatic carbocycles. The van der Waals surface area contributed by atoms with Crippen LogP contribution in [-0.2, 0) is 16.6 Å². The summed E-state index contributed by atoms with van der Waals surface area (Å²) in [7, 11) is 1.76. The van der Waals surface area contributed by atoms with Crippen molar-refractivity contribution in [1.82, 2.24) is 29.7 Å². The van der Waals surface area contributed by atoms with Gasteiger partial charge in [-0.1, -0.05) is 0 Å². The third kappa shape index (κ3) is 5.47. The van der Waals surface area contributed by atoms with Crippen molar-refractivity contribution >= 4 is 78.3 Å². The molecule has 1 saturated carbocycles. The van der Waals surface area contributed by atoms with Crippen molar-refractivity contribution in [2.24, 2.45) is 18.4 Å². The van der Waals surface area contributed by atoms with Gasteiger partial charge >= 0.3 is 5.69 Å². The summed E-state index contributed by atoms with van der Waals surface area (Å²) in [5.74, 6) is 1.03. The lowest BCUT2D eigenvalue weighted by Gasteiger charge is -2.48. The number of nitrogens with zero attached hydrogens (tertiary/aromatic N) is 6. The van der Waals surface area contributed by atoms with Gasteiger partial charge in [0.15, 0.2) is 0 Å². The van der Waals surface area contributed by atoms with E-state index in [1.807, 2.05) is 13.0 Å². The van der Waals surface area contributed by atoms with E-state index in [1.165, 1.54) is 19.3 Å². The Morgan fingerprint density at radius 3 is 2.59 bits per heavy atom. The molecule has 10 rings (SSSR count). The largest absolute Gasteiger partial charge is 0.381 e. The first-order chi connectivity index (χ1) is 26.1. The van der Waals surface area contributed by atoms with Crippen molar-refractivity contribution in [2.45, 2.75) is 51.1 Å². The standard InChI is InChI=1S/C40H45N9O4S/c1-23-20-41-35-34-26-4-9-32(43-27(26)5-8-31(34)54-36(35)38(52)42-23)47-15-13-46(14-16-47)21-24-18-40(19-24)11-12-48(22-40)25-3-6-28-30(17-25)45(2)39(53)49(28)29-7-10-33(50)44-37(29)51/h3-6,8-9,17,23-24,29,41H,7,10-16,18-22H2,1-2H3,(H,42,52)(H,44,50,51)/t23-,24-,29?,40-/m1/s1. The number of amides is 3. The summed E-state index contributed by atoms with van der Waals surface area (Å²) in [5.41, 5.74) is 4.67. The number of aromatic nitrogens is 3. The molecule has 5 aliphatic rings. The molecule has 14 heteroatoms. The molecular formula is C40H45N9O4S. The summed E-state index contributed by atoms with van der Waals surface area (Å²) in [6.07, 6.45) is 4.25. The normalized spacial score (nSPS) is 26.3. The number of aryl methyl sites for hydroxylation is 1. The minimum absolute atomic E-state index is 0.00722. The molecule has 5 aromatic rings. The van der Waals surface area contributed by atoms with E-state index >= 15 is 0 Å². The van der Waals surface area contributed by atoms with Gasteiger partial charge in [0, 0.05) is 93.0 Å². The van der Waals surface area contributed by atoms with E-state index in [9.17, 15) is 19.2 Å². The fraction of sp³-hybridized carbons (Fsp3) is 0.475. The highest BCUT2D eigenvalue weighted by Gasteiger charge is 2.48. The predicted octanol–water partition coefficient (Wildman–Crippen LogP) is 4.05. The van der Waals surface area contributed by atoms with Crippen molar-refractivity contribution in [2.75, 3.05) is 67.5 Å². The molecule has 7 heterocycles. The van der Waals surface area contributed by atoms with Crippen LogP contribution in [0.1, 0.15) is 54.7 Å². The van der Waals surface area contributed by atoms with Gasteiger partial charge in [-0.2, -0.15) is 0 Å². The summed E-state index contributed by atoms with van der Waals surface area (Å²) in [5, 5.41) is 11.2. The Labute approximate surface area is 316 Å². The number of hydrogen-bond acceptors (Lipinski definition) is 10. The maximum absolute atomic E-state index is 13.3. The second kappa shape index (κ2) is 12.6. The molecule has 1 aliphatic carbocycles. The fourth-order valence-electron chi connectivity index (χ4n) is 9.98. The highest BCUT2D eigenvalue weighted by molar-refractivity contribution is 7.21. The lowest BCUT2D eigenvalue weighted by molar-refractivity contribution is -0.135. The number of anilines is 3. The van der Waals surface area contributed by atoms with E-state index in [2.05, 4.69) is 67.0 Å². The summed E-state index contributed by atoms with van der Waals surface area (Å²) >= 11 is 1.54. The highest BCUT2D eigenvalue weighted by Crippen LogP contribution is 2.53. The average molecular weight is 748 g/mol. The van der Waals surface area contributed by atoms with Crippen molar-refractivity contribution in [3.63, 3.8) is 0 Å². The number of thiophene rings is 1. The van der Waals surface area contributed by atoms with Crippen molar-refractivity contribution < 1.29 is 14.4 Å². The van der Waals surface area contributed by atoms with Gasteiger partial charge < -0.3 is 20.4 Å². The van der Waals surface area contributed by atoms with Crippen LogP contribution in [0.15, 0.2) is 47.3 Å². The molecule has 2 atom stereocenters. The molecule has 1 spiro atoms. The molecule has 0 bridgehead atoms. The Morgan fingerprint density at radius 1 is 0.944 bits per heavy atom. The number of piperidine rings is 1. The number of imidazole rings is 1. The minimum atomic E-state index is -0.673. The van der Waals surface area contributed by atoms with Crippen LogP contribution in [0.25, 0.3) is 32.0 Å². The number of rotatable bonds is 5. The van der Waals surface area contributed by atoms with E-state index in [-0.39, 0.29) is 30.0 Å². The number of imide groups is 1. The number of pyridine rings is 1. The van der Waals surface area contributed by atoms with Crippen LogP contribution >= 0.6 is 11.3 Å². The van der Waals surface area contributed by atoms with Gasteiger partial charge in [-0.15, -0.1) is 11.3 Å². The van der Waals surface area contributed by atoms with Gasteiger partial charge in [-0.25, -0.2) is 9.78 Å². The molecule has 280 valence electrons. The maximum atomic E-state index is 13.3. The number of fused-ring (bicyclic) bond motifs is 6. The van der Waals surface area contributed by atoms with Crippen molar-refractivity contribution in [3.05, 3.63) is 57.8 Å². The highest BCUT2D eigenvalue weighted by atomic mass is 32.1. The zero-order valence-corrected chi connectivity index (χ0v) is 31.5. The van der Waals surface area contributed by atoms with E-state index in [1.54, 1.807) is 27.5 Å². The first-order valence-corrected chi connectivity index (χ1v) is 20.1. The van der Waals surface area contributed by atoms with Gasteiger partial charge in [0.1, 0.15) is 16.7 Å². The molecule has 3 aromatic heterocycles. The number of hydrogen-bond donors (Lipinski definition) is 3. The first kappa shape index (κ1) is 33.6. The molecular weight excluding hydrogens is 703 g/mol. The third-order valence-corrected chi connectivity index (χ3v) is 13.9. The molecule has 4 fully saturated rings. The average Bonchev–Trinajstić information content (AvgIpc) is 3.81. The number of piperazine rings is 1. The quantitative estimate of drug-likeness (QED) is 0.228. The minimum Gasteiger partial charge on any atom is -0.381 e. The van der Waals surface area contributed by atoms with E-state index < -0.39 is 11.9 Å². The SMILES string of the molecule is C[C@@H]1CNc2c(sc3ccc4nc(N5CCN(C[C@H]6C[C@@]7(CCN(c8ccc9c(c8)n(C)c(=O)n9C8CCC(=O)NC8=O)C7)C6)CC5)ccc4c23)C(=O)N1. The monoisotopic (exact) mass is 747 g/mol. The summed E-state index contributed by atoms with van der Waals surface area (Å²) in [6.45, 7) is 9.86. The van der Waals surface area contributed by atoms with Crippen LogP contribution in [0.2, 0.25) is 0 Å². The van der Waals surface area contributed by atoms with E-state index in [4.69, 9.17) is 4.98 Å². The second-order valence-corrected chi connectivity index (χ2v) is 17.4. The second-order valence-electron chi connectivity index (χ2n) is 16.3. The maximum Gasteiger partial charge on any atom is 0.329 e. The fourth-order valence-corrected chi connectivity index (χ4v) is 11.1. The third-order valence-electron chi connectivity index (χ3n) is 12.7. The van der Waals surface area contributed by atoms with Crippen molar-refractivity contribution in [1.29, 1.82) is 0 Å². The Bertz CT molecular complexity index is 2440. The lowest BCUT2D eigenvalue weighted by Crippen LogP contribution is -2.51. The lowest BCUT2D eigenvalue weighted by atomic mass is 9.61. The van der Waals surface area contributed by atoms with E-state index in [0.29, 0.717) is 24.3 Å². The Morgan fingerprint density at radius 2 is 1.78 bits per heavy atom. The van der Waals surface area contributed by atoms with Gasteiger partial charge in [-0.3, -0.25) is 33.7 Å². The molecule has 3 amide bonds. The number of carbonyl (C=O) groups is 3. The smallest absolute Gasteiger partial charge is 0.329 e. The summed E-state index contributed by atoms with van der Waals surface area (Å²) < 4.78 is 4.28. The summed E-state index contributed by atoms with van der Waals surface area (Å²) in [6, 6.07) is 14.1. The predicted molar refractivity (Wildman–Crippen MR) is 212 cm³/mol. The number of carbonyl (C=O) groups excluding carboxylic acids is 3. The van der Waals surface area contributed by atoms with Crippen LogP contribution < -0.4 is 31.4 Å². The molecule has 0 radical (unpaired) electrons. The molecule has 13 nitrogen and oxygen atoms in total.